The molecule has 1 fully saturated rings. The van der Waals surface area contributed by atoms with Gasteiger partial charge in [-0.1, -0.05) is 34.8 Å². The number of hydrogen-bond donors (Lipinski definition) is 0. The van der Waals surface area contributed by atoms with Crippen LogP contribution in [0.1, 0.15) is 0 Å². The first-order valence-corrected chi connectivity index (χ1v) is 9.64. The molecular formula is C14H13Cl3N4O2S. The lowest BCUT2D eigenvalue weighted by Crippen LogP contribution is -2.49. The van der Waals surface area contributed by atoms with E-state index in [1.807, 2.05) is 11.0 Å². The standard InChI is InChI=1S/C14H13Cl3N4O2S/c15-10-8-12(17)13(9-11(10)16)24(22,23)21-6-4-20(5-7-21)14-2-1-3-18-19-14/h1-3,8-9H,4-7H2. The number of sulfonamides is 1. The molecule has 0 unspecified atom stereocenters. The van der Waals surface area contributed by atoms with Crippen molar-refractivity contribution in [2.75, 3.05) is 31.1 Å². The smallest absolute Gasteiger partial charge is 0.244 e. The van der Waals surface area contributed by atoms with Crippen molar-refractivity contribution in [2.45, 2.75) is 4.90 Å². The third-order valence-electron chi connectivity index (χ3n) is 3.71. The number of piperazine rings is 1. The maximum Gasteiger partial charge on any atom is 0.244 e. The Kier molecular flexibility index (Phi) is 5.17. The highest BCUT2D eigenvalue weighted by Crippen LogP contribution is 2.33. The summed E-state index contributed by atoms with van der Waals surface area (Å²) in [5, 5.41) is 8.30. The molecule has 0 saturated carbocycles. The molecule has 24 heavy (non-hydrogen) atoms. The first kappa shape index (κ1) is 17.7. The second-order valence-electron chi connectivity index (χ2n) is 5.17. The van der Waals surface area contributed by atoms with E-state index < -0.39 is 10.0 Å². The van der Waals surface area contributed by atoms with Crippen molar-refractivity contribution in [3.05, 3.63) is 45.5 Å². The average Bonchev–Trinajstić information content (AvgIpc) is 2.59. The summed E-state index contributed by atoms with van der Waals surface area (Å²) >= 11 is 17.9. The van der Waals surface area contributed by atoms with Gasteiger partial charge in [0.05, 0.1) is 15.1 Å². The predicted molar refractivity (Wildman–Crippen MR) is 94.5 cm³/mol. The Bertz CT molecular complexity index is 841. The van der Waals surface area contributed by atoms with Crippen molar-refractivity contribution in [3.63, 3.8) is 0 Å². The van der Waals surface area contributed by atoms with Crippen LogP contribution < -0.4 is 4.90 Å². The molecule has 1 aliphatic heterocycles. The Morgan fingerprint density at radius 1 is 0.958 bits per heavy atom. The normalized spacial score (nSPS) is 16.4. The van der Waals surface area contributed by atoms with Crippen LogP contribution >= 0.6 is 34.8 Å². The highest BCUT2D eigenvalue weighted by Gasteiger charge is 2.31. The van der Waals surface area contributed by atoms with E-state index in [2.05, 4.69) is 10.2 Å². The SMILES string of the molecule is O=S(=O)(c1cc(Cl)c(Cl)cc1Cl)N1CCN(c2cccnn2)CC1. The molecule has 1 aromatic heterocycles. The number of halogens is 3. The molecule has 128 valence electrons. The second kappa shape index (κ2) is 7.01. The summed E-state index contributed by atoms with van der Waals surface area (Å²) in [5.41, 5.74) is 0. The van der Waals surface area contributed by atoms with Crippen LogP contribution in [0.5, 0.6) is 0 Å². The lowest BCUT2D eigenvalue weighted by Gasteiger charge is -2.34. The fourth-order valence-corrected chi connectivity index (χ4v) is 4.86. The lowest BCUT2D eigenvalue weighted by molar-refractivity contribution is 0.383. The zero-order valence-corrected chi connectivity index (χ0v) is 15.4. The fraction of sp³-hybridized carbons (Fsp3) is 0.286. The third kappa shape index (κ3) is 3.45. The van der Waals surface area contributed by atoms with Gasteiger partial charge in [0.2, 0.25) is 10.0 Å². The van der Waals surface area contributed by atoms with Crippen LogP contribution in [-0.4, -0.2) is 49.1 Å². The Hall–Kier alpha value is -1.12. The maximum atomic E-state index is 12.8. The molecule has 0 spiro atoms. The summed E-state index contributed by atoms with van der Waals surface area (Å²) in [7, 11) is -3.74. The van der Waals surface area contributed by atoms with Gasteiger partial charge in [0.15, 0.2) is 5.82 Å². The molecule has 3 rings (SSSR count). The quantitative estimate of drug-likeness (QED) is 0.732. The van der Waals surface area contributed by atoms with Gasteiger partial charge >= 0.3 is 0 Å². The molecular weight excluding hydrogens is 395 g/mol. The van der Waals surface area contributed by atoms with Crippen molar-refractivity contribution in [3.8, 4) is 0 Å². The number of rotatable bonds is 3. The molecule has 0 N–H and O–H groups in total. The van der Waals surface area contributed by atoms with Crippen molar-refractivity contribution >= 4 is 50.6 Å². The highest BCUT2D eigenvalue weighted by molar-refractivity contribution is 7.89. The second-order valence-corrected chi connectivity index (χ2v) is 8.30. The van der Waals surface area contributed by atoms with Gasteiger partial charge in [-0.25, -0.2) is 8.42 Å². The lowest BCUT2D eigenvalue weighted by atomic mass is 10.3. The number of hydrogen-bond acceptors (Lipinski definition) is 5. The minimum absolute atomic E-state index is 0.0356. The van der Waals surface area contributed by atoms with E-state index in [0.29, 0.717) is 26.2 Å². The topological polar surface area (TPSA) is 66.4 Å². The summed E-state index contributed by atoms with van der Waals surface area (Å²) in [6.45, 7) is 1.65. The molecule has 0 bridgehead atoms. The van der Waals surface area contributed by atoms with E-state index in [4.69, 9.17) is 34.8 Å². The zero-order chi connectivity index (χ0) is 17.3. The summed E-state index contributed by atoms with van der Waals surface area (Å²) in [4.78, 5) is 1.95. The summed E-state index contributed by atoms with van der Waals surface area (Å²) in [6, 6.07) is 6.26. The molecule has 1 aromatic carbocycles. The van der Waals surface area contributed by atoms with Gasteiger partial charge < -0.3 is 4.90 Å². The number of benzene rings is 1. The molecule has 10 heteroatoms. The van der Waals surface area contributed by atoms with E-state index in [0.717, 1.165) is 5.82 Å². The van der Waals surface area contributed by atoms with Crippen LogP contribution in [0.25, 0.3) is 0 Å². The van der Waals surface area contributed by atoms with Crippen LogP contribution in [0.4, 0.5) is 5.82 Å². The van der Waals surface area contributed by atoms with E-state index in [9.17, 15) is 8.42 Å². The van der Waals surface area contributed by atoms with Gasteiger partial charge in [0, 0.05) is 32.4 Å². The average molecular weight is 408 g/mol. The van der Waals surface area contributed by atoms with Gasteiger partial charge in [0.1, 0.15) is 4.90 Å². The van der Waals surface area contributed by atoms with Crippen LogP contribution in [-0.2, 0) is 10.0 Å². The van der Waals surface area contributed by atoms with Gasteiger partial charge in [0.25, 0.3) is 0 Å². The molecule has 1 saturated heterocycles. The van der Waals surface area contributed by atoms with Crippen molar-refractivity contribution in [1.82, 2.24) is 14.5 Å². The molecule has 0 atom stereocenters. The van der Waals surface area contributed by atoms with E-state index in [1.165, 1.54) is 16.4 Å². The Morgan fingerprint density at radius 2 is 1.62 bits per heavy atom. The van der Waals surface area contributed by atoms with E-state index in [1.54, 1.807) is 12.3 Å². The summed E-state index contributed by atoms with van der Waals surface area (Å²) in [6.07, 6.45) is 1.59. The molecule has 0 radical (unpaired) electrons. The Labute approximate surface area is 155 Å². The Morgan fingerprint density at radius 3 is 2.25 bits per heavy atom. The van der Waals surface area contributed by atoms with Crippen LogP contribution in [0.2, 0.25) is 15.1 Å². The highest BCUT2D eigenvalue weighted by atomic mass is 35.5. The molecule has 0 amide bonds. The molecule has 6 nitrogen and oxygen atoms in total. The number of aromatic nitrogens is 2. The maximum absolute atomic E-state index is 12.8. The summed E-state index contributed by atoms with van der Waals surface area (Å²) < 4.78 is 27.0. The fourth-order valence-electron chi connectivity index (χ4n) is 2.46. The van der Waals surface area contributed by atoms with E-state index in [-0.39, 0.29) is 20.0 Å². The van der Waals surface area contributed by atoms with Crippen molar-refractivity contribution in [1.29, 1.82) is 0 Å². The first-order chi connectivity index (χ1) is 11.4. The van der Waals surface area contributed by atoms with Crippen LogP contribution in [0, 0.1) is 0 Å². The zero-order valence-electron chi connectivity index (χ0n) is 12.4. The molecule has 2 heterocycles. The third-order valence-corrected chi connectivity index (χ3v) is 6.80. The molecule has 1 aliphatic rings. The van der Waals surface area contributed by atoms with Crippen molar-refractivity contribution in [2.24, 2.45) is 0 Å². The minimum atomic E-state index is -3.74. The van der Waals surface area contributed by atoms with Gasteiger partial charge in [-0.05, 0) is 24.3 Å². The van der Waals surface area contributed by atoms with Crippen LogP contribution in [0.15, 0.2) is 35.4 Å². The van der Waals surface area contributed by atoms with Gasteiger partial charge in [-0.3, -0.25) is 0 Å². The predicted octanol–water partition coefficient (Wildman–Crippen LogP) is 2.95. The first-order valence-electron chi connectivity index (χ1n) is 7.07. The van der Waals surface area contributed by atoms with Gasteiger partial charge in [-0.15, -0.1) is 5.10 Å². The van der Waals surface area contributed by atoms with Crippen molar-refractivity contribution < 1.29 is 8.42 Å². The number of anilines is 1. The molecule has 0 aliphatic carbocycles. The minimum Gasteiger partial charge on any atom is -0.352 e. The Balaban J connectivity index is 1.79. The van der Waals surface area contributed by atoms with Crippen LogP contribution in [0.3, 0.4) is 0 Å². The van der Waals surface area contributed by atoms with Gasteiger partial charge in [-0.2, -0.15) is 9.40 Å². The largest absolute Gasteiger partial charge is 0.352 e. The number of nitrogens with zero attached hydrogens (tertiary/aromatic N) is 4. The summed E-state index contributed by atoms with van der Waals surface area (Å²) in [5.74, 6) is 0.724. The molecule has 2 aromatic rings. The van der Waals surface area contributed by atoms with E-state index >= 15 is 0 Å². The monoisotopic (exact) mass is 406 g/mol.